The lowest BCUT2D eigenvalue weighted by atomic mass is 10.4. The largest absolute Gasteiger partial charge is 0.460 e. The maximum atomic E-state index is 11.2. The normalized spacial score (nSPS) is 14.7. The summed E-state index contributed by atoms with van der Waals surface area (Å²) in [5, 5.41) is 9.78. The molecule has 0 spiro atoms. The summed E-state index contributed by atoms with van der Waals surface area (Å²) in [7, 11) is -5.60. The minimum atomic E-state index is -2.23. The van der Waals surface area contributed by atoms with Crippen LogP contribution < -0.4 is 0 Å². The van der Waals surface area contributed by atoms with Gasteiger partial charge in [-0.3, -0.25) is 0 Å². The Kier molecular flexibility index (Phi) is 11.4. The van der Waals surface area contributed by atoms with E-state index in [1.807, 2.05) is 0 Å². The molecule has 9 heteroatoms. The third-order valence-electron chi connectivity index (χ3n) is 2.99. The van der Waals surface area contributed by atoms with Gasteiger partial charge in [-0.1, -0.05) is 6.08 Å². The Morgan fingerprint density at radius 2 is 1.54 bits per heavy atom. The molecule has 26 heavy (non-hydrogen) atoms. The van der Waals surface area contributed by atoms with Crippen molar-refractivity contribution < 1.29 is 27.6 Å². The standard InChI is InChI=1S/C17H38O6Si3/c1-9-11-17(19)21-15-16(18)14-20-12-10-13-26(8,22-24(2,3)4)23-25(5,6)7/h9,11,16,18H,10,12-15H2,1-8H3. The van der Waals surface area contributed by atoms with E-state index in [4.69, 9.17) is 17.7 Å². The van der Waals surface area contributed by atoms with Gasteiger partial charge in [0, 0.05) is 12.7 Å². The number of aliphatic hydroxyl groups excluding tert-OH is 1. The number of hydrogen-bond donors (Lipinski definition) is 1. The van der Waals surface area contributed by atoms with Crippen molar-refractivity contribution in [2.45, 2.75) is 71.3 Å². The first kappa shape index (κ1) is 25.7. The van der Waals surface area contributed by atoms with Crippen molar-refractivity contribution in [2.24, 2.45) is 0 Å². The molecule has 0 rings (SSSR count). The van der Waals surface area contributed by atoms with E-state index in [2.05, 4.69) is 45.8 Å². The zero-order valence-electron chi connectivity index (χ0n) is 17.8. The molecule has 1 unspecified atom stereocenters. The SMILES string of the molecule is CC=CC(=O)OCC(O)COCCC[Si](C)(O[Si](C)(C)C)O[Si](C)(C)C. The smallest absolute Gasteiger partial charge is 0.330 e. The second kappa shape index (κ2) is 11.5. The minimum Gasteiger partial charge on any atom is -0.460 e. The lowest BCUT2D eigenvalue weighted by molar-refractivity contribution is -0.141. The summed E-state index contributed by atoms with van der Waals surface area (Å²) in [5.41, 5.74) is 0. The molecule has 0 aliphatic heterocycles. The van der Waals surface area contributed by atoms with Crippen molar-refractivity contribution in [1.29, 1.82) is 0 Å². The van der Waals surface area contributed by atoms with Gasteiger partial charge in [0.05, 0.1) is 6.61 Å². The van der Waals surface area contributed by atoms with Crippen LogP contribution in [0.4, 0.5) is 0 Å². The molecule has 6 nitrogen and oxygen atoms in total. The van der Waals surface area contributed by atoms with Crippen molar-refractivity contribution in [3.8, 4) is 0 Å². The monoisotopic (exact) mass is 422 g/mol. The molecule has 0 bridgehead atoms. The van der Waals surface area contributed by atoms with Gasteiger partial charge in [0.15, 0.2) is 16.6 Å². The van der Waals surface area contributed by atoms with Crippen LogP contribution in [-0.4, -0.2) is 62.2 Å². The lowest BCUT2D eigenvalue weighted by Gasteiger charge is -2.38. The number of carbonyl (C=O) groups is 1. The maximum absolute atomic E-state index is 11.2. The summed E-state index contributed by atoms with van der Waals surface area (Å²) in [4.78, 5) is 11.2. The lowest BCUT2D eigenvalue weighted by Crippen LogP contribution is -2.52. The molecular weight excluding hydrogens is 384 g/mol. The first-order chi connectivity index (χ1) is 11.8. The highest BCUT2D eigenvalue weighted by atomic mass is 28.5. The van der Waals surface area contributed by atoms with Crippen LogP contribution in [0.1, 0.15) is 13.3 Å². The van der Waals surface area contributed by atoms with Crippen molar-refractivity contribution in [3.63, 3.8) is 0 Å². The first-order valence-electron chi connectivity index (χ1n) is 9.22. The van der Waals surface area contributed by atoms with Crippen LogP contribution in [0.15, 0.2) is 12.2 Å². The van der Waals surface area contributed by atoms with E-state index in [1.54, 1.807) is 13.0 Å². The Labute approximate surface area is 162 Å². The number of ether oxygens (including phenoxy) is 2. The third kappa shape index (κ3) is 14.8. The van der Waals surface area contributed by atoms with Gasteiger partial charge in [0.2, 0.25) is 0 Å². The summed E-state index contributed by atoms with van der Waals surface area (Å²) in [6.45, 7) is 17.6. The predicted molar refractivity (Wildman–Crippen MR) is 113 cm³/mol. The van der Waals surface area contributed by atoms with Crippen LogP contribution in [0.2, 0.25) is 51.9 Å². The average Bonchev–Trinajstić information content (AvgIpc) is 2.40. The van der Waals surface area contributed by atoms with Crippen LogP contribution in [0.25, 0.3) is 0 Å². The van der Waals surface area contributed by atoms with Gasteiger partial charge < -0.3 is 22.8 Å². The molecule has 0 aromatic rings. The fraction of sp³-hybridized carbons (Fsp3) is 0.824. The van der Waals surface area contributed by atoms with Crippen LogP contribution in [0, 0.1) is 0 Å². The van der Waals surface area contributed by atoms with Gasteiger partial charge in [-0.2, -0.15) is 0 Å². The summed E-state index contributed by atoms with van der Waals surface area (Å²) < 4.78 is 23.3. The fourth-order valence-electron chi connectivity index (χ4n) is 2.54. The van der Waals surface area contributed by atoms with Crippen LogP contribution in [-0.2, 0) is 22.5 Å². The third-order valence-corrected chi connectivity index (χ3v) is 12.6. The van der Waals surface area contributed by atoms with Gasteiger partial charge in [-0.05, 0) is 65.2 Å². The van der Waals surface area contributed by atoms with E-state index in [0.717, 1.165) is 12.5 Å². The van der Waals surface area contributed by atoms with E-state index in [9.17, 15) is 9.90 Å². The highest BCUT2D eigenvalue weighted by Gasteiger charge is 2.39. The number of carbonyl (C=O) groups excluding carboxylic acids is 1. The number of rotatable bonds is 13. The Morgan fingerprint density at radius 3 is 2.00 bits per heavy atom. The fourth-order valence-corrected chi connectivity index (χ4v) is 15.1. The molecule has 0 saturated carbocycles. The second-order valence-electron chi connectivity index (χ2n) is 8.53. The minimum absolute atomic E-state index is 0.0624. The first-order valence-corrected chi connectivity index (χ1v) is 18.6. The molecule has 154 valence electrons. The van der Waals surface area contributed by atoms with Crippen molar-refractivity contribution in [2.75, 3.05) is 19.8 Å². The molecule has 0 amide bonds. The number of esters is 1. The Bertz CT molecular complexity index is 427. The Hall–Kier alpha value is -0.299. The quantitative estimate of drug-likeness (QED) is 0.211. The summed E-state index contributed by atoms with van der Waals surface area (Å²) in [5.74, 6) is -0.458. The van der Waals surface area contributed by atoms with Gasteiger partial charge in [0.25, 0.3) is 0 Å². The maximum Gasteiger partial charge on any atom is 0.330 e. The van der Waals surface area contributed by atoms with Gasteiger partial charge in [0.1, 0.15) is 12.7 Å². The molecular formula is C17H38O6Si3. The van der Waals surface area contributed by atoms with E-state index in [0.29, 0.717) is 6.61 Å². The molecule has 0 radical (unpaired) electrons. The molecule has 1 atom stereocenters. The van der Waals surface area contributed by atoms with E-state index >= 15 is 0 Å². The molecule has 0 heterocycles. The van der Waals surface area contributed by atoms with Gasteiger partial charge in [-0.25, -0.2) is 4.79 Å². The molecule has 0 aromatic carbocycles. The molecule has 0 aliphatic rings. The highest BCUT2D eigenvalue weighted by Crippen LogP contribution is 2.25. The highest BCUT2D eigenvalue weighted by molar-refractivity contribution is 6.87. The summed E-state index contributed by atoms with van der Waals surface area (Å²) in [6, 6.07) is 0.869. The Morgan fingerprint density at radius 1 is 1.00 bits per heavy atom. The van der Waals surface area contributed by atoms with Crippen molar-refractivity contribution in [1.82, 2.24) is 0 Å². The van der Waals surface area contributed by atoms with Crippen LogP contribution >= 0.6 is 0 Å². The Balaban J connectivity index is 4.24. The van der Waals surface area contributed by atoms with Gasteiger partial charge >= 0.3 is 14.5 Å². The summed E-state index contributed by atoms with van der Waals surface area (Å²) in [6.07, 6.45) is 2.92. The zero-order valence-corrected chi connectivity index (χ0v) is 20.8. The molecule has 0 fully saturated rings. The van der Waals surface area contributed by atoms with E-state index < -0.39 is 37.3 Å². The summed E-state index contributed by atoms with van der Waals surface area (Å²) >= 11 is 0. The van der Waals surface area contributed by atoms with Gasteiger partial charge in [-0.15, -0.1) is 0 Å². The van der Waals surface area contributed by atoms with Crippen LogP contribution in [0.3, 0.4) is 0 Å². The topological polar surface area (TPSA) is 74.2 Å². The predicted octanol–water partition coefficient (Wildman–Crippen LogP) is 3.65. The zero-order chi connectivity index (χ0) is 20.4. The number of hydrogen-bond acceptors (Lipinski definition) is 6. The molecule has 0 aromatic heterocycles. The number of allylic oxidation sites excluding steroid dienone is 1. The molecule has 1 N–H and O–H groups in total. The van der Waals surface area contributed by atoms with Crippen molar-refractivity contribution in [3.05, 3.63) is 12.2 Å². The van der Waals surface area contributed by atoms with Crippen LogP contribution in [0.5, 0.6) is 0 Å². The second-order valence-corrected chi connectivity index (χ2v) is 21.4. The van der Waals surface area contributed by atoms with E-state index in [1.165, 1.54) is 6.08 Å². The van der Waals surface area contributed by atoms with E-state index in [-0.39, 0.29) is 13.2 Å². The van der Waals surface area contributed by atoms with Crippen molar-refractivity contribution >= 4 is 31.2 Å². The molecule has 0 aliphatic carbocycles. The number of aliphatic hydroxyl groups is 1. The average molecular weight is 423 g/mol. The molecule has 0 saturated heterocycles.